The van der Waals surface area contributed by atoms with E-state index in [4.69, 9.17) is 4.42 Å². The first kappa shape index (κ1) is 8.60. The number of hydrogen-bond acceptors (Lipinski definition) is 1. The zero-order valence-electron chi connectivity index (χ0n) is 8.87. The van der Waals surface area contributed by atoms with Crippen molar-refractivity contribution in [3.63, 3.8) is 0 Å². The second-order valence-corrected chi connectivity index (χ2v) is 4.01. The van der Waals surface area contributed by atoms with Crippen LogP contribution in [0.4, 0.5) is 0 Å². The van der Waals surface area contributed by atoms with Crippen molar-refractivity contribution in [3.8, 4) is 0 Å². The molecule has 0 bridgehead atoms. The number of rotatable bonds is 0. The van der Waals surface area contributed by atoms with Crippen LogP contribution in [0.3, 0.4) is 0 Å². The van der Waals surface area contributed by atoms with Gasteiger partial charge in [0.05, 0.1) is 0 Å². The molecular weight excluding hydrogens is 183 g/mol. The summed E-state index contributed by atoms with van der Waals surface area (Å²) in [6.45, 7) is 2.08. The fourth-order valence-corrected chi connectivity index (χ4v) is 2.10. The summed E-state index contributed by atoms with van der Waals surface area (Å²) in [4.78, 5) is 0. The molecule has 1 nitrogen and oxygen atoms in total. The van der Waals surface area contributed by atoms with Gasteiger partial charge in [0.2, 0.25) is 0 Å². The van der Waals surface area contributed by atoms with E-state index in [1.54, 1.807) is 0 Å². The molecule has 72 valence electrons. The van der Waals surface area contributed by atoms with Crippen molar-refractivity contribution in [2.45, 2.75) is 6.92 Å². The van der Waals surface area contributed by atoms with Gasteiger partial charge in [0, 0.05) is 10.8 Å². The fraction of sp³-hybridized carbons (Fsp3) is 0.0769. The van der Waals surface area contributed by atoms with E-state index in [2.05, 4.69) is 51.2 Å². The molecule has 0 fully saturated rings. The normalized spacial score (nSPS) is 11.3. The van der Waals surface area contributed by atoms with Crippen LogP contribution in [0.15, 0.2) is 40.8 Å². The second-order valence-electron chi connectivity index (χ2n) is 4.01. The predicted octanol–water partition coefficient (Wildman–Crippen LogP) is 2.15. The van der Waals surface area contributed by atoms with Gasteiger partial charge in [0.1, 0.15) is 19.0 Å². The van der Waals surface area contributed by atoms with Crippen LogP contribution < -0.4 is 5.46 Å². The van der Waals surface area contributed by atoms with E-state index < -0.39 is 0 Å². The summed E-state index contributed by atoms with van der Waals surface area (Å²) in [7, 11) is 2.08. The number of benzene rings is 2. The Morgan fingerprint density at radius 2 is 1.60 bits per heavy atom. The smallest absolute Gasteiger partial charge is 0.144 e. The van der Waals surface area contributed by atoms with Crippen molar-refractivity contribution in [2.24, 2.45) is 0 Å². The molecule has 3 aromatic rings. The molecule has 2 aromatic carbocycles. The van der Waals surface area contributed by atoms with Gasteiger partial charge in [-0.2, -0.15) is 0 Å². The van der Waals surface area contributed by atoms with Gasteiger partial charge < -0.3 is 4.42 Å². The monoisotopic (exact) mass is 194 g/mol. The molecule has 0 unspecified atom stereocenters. The van der Waals surface area contributed by atoms with Crippen LogP contribution in [0.25, 0.3) is 21.9 Å². The van der Waals surface area contributed by atoms with Gasteiger partial charge in [0.25, 0.3) is 0 Å². The van der Waals surface area contributed by atoms with Gasteiger partial charge in [-0.05, 0) is 17.9 Å². The lowest BCUT2D eigenvalue weighted by Crippen LogP contribution is -2.00. The van der Waals surface area contributed by atoms with Crippen molar-refractivity contribution >= 4 is 35.2 Å². The van der Waals surface area contributed by atoms with Crippen molar-refractivity contribution in [2.75, 3.05) is 0 Å². The summed E-state index contributed by atoms with van der Waals surface area (Å²) in [5, 5.41) is 2.43. The summed E-state index contributed by atoms with van der Waals surface area (Å²) in [5.41, 5.74) is 4.43. The Bertz CT molecular complexity index is 596. The Morgan fingerprint density at radius 1 is 0.933 bits per heavy atom. The highest BCUT2D eigenvalue weighted by Gasteiger charge is 2.08. The minimum atomic E-state index is 1.02. The van der Waals surface area contributed by atoms with Crippen molar-refractivity contribution in [1.82, 2.24) is 0 Å². The minimum Gasteiger partial charge on any atom is -0.456 e. The van der Waals surface area contributed by atoms with Crippen LogP contribution in [-0.4, -0.2) is 7.85 Å². The molecule has 15 heavy (non-hydrogen) atoms. The zero-order chi connectivity index (χ0) is 10.4. The molecule has 0 N–H and O–H groups in total. The summed E-state index contributed by atoms with van der Waals surface area (Å²) in [6.07, 6.45) is 0. The molecule has 1 aromatic heterocycles. The Labute approximate surface area is 89.1 Å². The maximum absolute atomic E-state index is 5.91. The van der Waals surface area contributed by atoms with Gasteiger partial charge in [-0.25, -0.2) is 0 Å². The molecule has 0 saturated heterocycles. The molecule has 0 radical (unpaired) electrons. The number of fused-ring (bicyclic) bond motifs is 3. The van der Waals surface area contributed by atoms with E-state index in [1.165, 1.54) is 21.8 Å². The van der Waals surface area contributed by atoms with Gasteiger partial charge in [-0.1, -0.05) is 36.4 Å². The van der Waals surface area contributed by atoms with E-state index >= 15 is 0 Å². The van der Waals surface area contributed by atoms with Crippen molar-refractivity contribution in [3.05, 3.63) is 42.0 Å². The molecule has 0 saturated carbocycles. The Kier molecular flexibility index (Phi) is 1.66. The molecule has 0 spiro atoms. The largest absolute Gasteiger partial charge is 0.456 e. The van der Waals surface area contributed by atoms with Gasteiger partial charge in [-0.15, -0.1) is 0 Å². The lowest BCUT2D eigenvalue weighted by Gasteiger charge is -1.91. The van der Waals surface area contributed by atoms with Crippen LogP contribution in [0.2, 0.25) is 0 Å². The molecule has 0 amide bonds. The highest BCUT2D eigenvalue weighted by molar-refractivity contribution is 6.39. The number of para-hydroxylation sites is 2. The Balaban J connectivity index is 2.63. The van der Waals surface area contributed by atoms with Gasteiger partial charge in [0.15, 0.2) is 0 Å². The van der Waals surface area contributed by atoms with E-state index in [-0.39, 0.29) is 0 Å². The first-order valence-electron chi connectivity index (χ1n) is 5.15. The number of aryl methyl sites for hydroxylation is 1. The molecule has 1 heterocycles. The highest BCUT2D eigenvalue weighted by atomic mass is 16.3. The molecular formula is C13H11BO. The lowest BCUT2D eigenvalue weighted by molar-refractivity contribution is 0.668. The van der Waals surface area contributed by atoms with Crippen molar-refractivity contribution in [1.29, 1.82) is 0 Å². The minimum absolute atomic E-state index is 1.02. The molecule has 2 heteroatoms. The maximum atomic E-state index is 5.91. The standard InChI is InChI=1S/C13H11BO/c1-8-4-2-5-9-10-6-3-7-11(14)13(10)15-12(8)9/h2-7H,14H2,1H3. The lowest BCUT2D eigenvalue weighted by atomic mass is 9.94. The Hall–Kier alpha value is -1.70. The number of furan rings is 1. The maximum Gasteiger partial charge on any atom is 0.144 e. The van der Waals surface area contributed by atoms with Gasteiger partial charge >= 0.3 is 0 Å². The summed E-state index contributed by atoms with van der Waals surface area (Å²) < 4.78 is 5.91. The highest BCUT2D eigenvalue weighted by Crippen LogP contribution is 2.29. The van der Waals surface area contributed by atoms with E-state index in [9.17, 15) is 0 Å². The third kappa shape index (κ3) is 1.11. The van der Waals surface area contributed by atoms with E-state index in [0.717, 1.165) is 11.2 Å². The first-order chi connectivity index (χ1) is 7.27. The topological polar surface area (TPSA) is 13.1 Å². The predicted molar refractivity (Wildman–Crippen MR) is 66.6 cm³/mol. The molecule has 0 aliphatic heterocycles. The average Bonchev–Trinajstić information content (AvgIpc) is 2.60. The van der Waals surface area contributed by atoms with Crippen molar-refractivity contribution < 1.29 is 4.42 Å². The SMILES string of the molecule is Bc1cccc2c1oc1c(C)cccc12. The summed E-state index contributed by atoms with van der Waals surface area (Å²) >= 11 is 0. The average molecular weight is 194 g/mol. The fourth-order valence-electron chi connectivity index (χ4n) is 2.10. The van der Waals surface area contributed by atoms with Crippen LogP contribution in [-0.2, 0) is 0 Å². The van der Waals surface area contributed by atoms with Crippen LogP contribution in [0.1, 0.15) is 5.56 Å². The summed E-state index contributed by atoms with van der Waals surface area (Å²) in [5.74, 6) is 0. The second kappa shape index (κ2) is 2.90. The molecule has 0 aliphatic rings. The van der Waals surface area contributed by atoms with Gasteiger partial charge in [-0.3, -0.25) is 0 Å². The zero-order valence-corrected chi connectivity index (χ0v) is 8.87. The molecule has 0 aliphatic carbocycles. The van der Waals surface area contributed by atoms with E-state index in [1.807, 2.05) is 0 Å². The molecule has 3 rings (SSSR count). The first-order valence-corrected chi connectivity index (χ1v) is 5.15. The molecule has 0 atom stereocenters. The quantitative estimate of drug-likeness (QED) is 0.499. The van der Waals surface area contributed by atoms with E-state index in [0.29, 0.717) is 0 Å². The third-order valence-electron chi connectivity index (χ3n) is 2.92. The van der Waals surface area contributed by atoms with Crippen LogP contribution >= 0.6 is 0 Å². The Morgan fingerprint density at radius 3 is 2.40 bits per heavy atom. The number of hydrogen-bond donors (Lipinski definition) is 0. The van der Waals surface area contributed by atoms with Crippen LogP contribution in [0, 0.1) is 6.92 Å². The summed E-state index contributed by atoms with van der Waals surface area (Å²) in [6, 6.07) is 12.6. The third-order valence-corrected chi connectivity index (χ3v) is 2.92. The van der Waals surface area contributed by atoms with Crippen LogP contribution in [0.5, 0.6) is 0 Å².